The highest BCUT2D eigenvalue weighted by Gasteiger charge is 2.18. The zero-order valence-electron chi connectivity index (χ0n) is 11.2. The van der Waals surface area contributed by atoms with Gasteiger partial charge in [-0.15, -0.1) is 0 Å². The van der Waals surface area contributed by atoms with Crippen molar-refractivity contribution in [3.05, 3.63) is 0 Å². The zero-order valence-corrected chi connectivity index (χ0v) is 11.2. The molecule has 0 fully saturated rings. The summed E-state index contributed by atoms with van der Waals surface area (Å²) in [5, 5.41) is 13.2. The molecule has 16 heavy (non-hydrogen) atoms. The van der Waals surface area contributed by atoms with Crippen LogP contribution in [-0.4, -0.2) is 37.5 Å². The van der Waals surface area contributed by atoms with Gasteiger partial charge in [-0.05, 0) is 19.9 Å². The number of hydrogen-bond donors (Lipinski definition) is 2. The molecule has 0 bridgehead atoms. The number of nitrogens with one attached hydrogen (secondary N) is 1. The molecule has 0 saturated carbocycles. The number of ether oxygens (including phenoxy) is 1. The fraction of sp³-hybridized carbons (Fsp3) is 1.00. The molecule has 1 atom stereocenters. The van der Waals surface area contributed by atoms with Gasteiger partial charge in [-0.3, -0.25) is 0 Å². The average molecular weight is 231 g/mol. The van der Waals surface area contributed by atoms with Crippen LogP contribution in [0.2, 0.25) is 0 Å². The Hall–Kier alpha value is -0.120. The highest BCUT2D eigenvalue weighted by Crippen LogP contribution is 2.07. The summed E-state index contributed by atoms with van der Waals surface area (Å²) in [6.07, 6.45) is 7.15. The summed E-state index contributed by atoms with van der Waals surface area (Å²) >= 11 is 0. The second-order valence-corrected chi connectivity index (χ2v) is 4.83. The molecule has 0 aliphatic heterocycles. The minimum atomic E-state index is -0.639. The summed E-state index contributed by atoms with van der Waals surface area (Å²) in [5.74, 6) is 0. The molecule has 0 saturated heterocycles. The Balaban J connectivity index is 3.29. The number of hydrogen-bond acceptors (Lipinski definition) is 3. The quantitative estimate of drug-likeness (QED) is 0.536. The van der Waals surface area contributed by atoms with Crippen molar-refractivity contribution in [2.45, 2.75) is 58.0 Å². The fourth-order valence-electron chi connectivity index (χ4n) is 1.62. The first kappa shape index (κ1) is 15.9. The van der Waals surface area contributed by atoms with Gasteiger partial charge in [0.25, 0.3) is 0 Å². The predicted molar refractivity (Wildman–Crippen MR) is 68.7 cm³/mol. The van der Waals surface area contributed by atoms with Crippen LogP contribution < -0.4 is 5.32 Å². The third kappa shape index (κ3) is 10.4. The van der Waals surface area contributed by atoms with Crippen LogP contribution in [0.3, 0.4) is 0 Å². The normalized spacial score (nSPS) is 15.0. The standard InChI is InChI=1S/C13H29NO2/c1-4-5-6-7-8-10-14-12-13(2,15)9-11-16-3/h14-15H,4-12H2,1-3H3. The number of rotatable bonds is 11. The van der Waals surface area contributed by atoms with Gasteiger partial charge in [0.05, 0.1) is 5.60 Å². The summed E-state index contributed by atoms with van der Waals surface area (Å²) in [6.45, 7) is 6.36. The van der Waals surface area contributed by atoms with E-state index in [1.165, 1.54) is 32.1 Å². The Kier molecular flexibility index (Phi) is 9.99. The monoisotopic (exact) mass is 231 g/mol. The SMILES string of the molecule is CCCCCCCNCC(C)(O)CCOC. The first-order valence-corrected chi connectivity index (χ1v) is 6.54. The van der Waals surface area contributed by atoms with Crippen LogP contribution in [0.25, 0.3) is 0 Å². The van der Waals surface area contributed by atoms with Crippen molar-refractivity contribution < 1.29 is 9.84 Å². The van der Waals surface area contributed by atoms with Crippen molar-refractivity contribution >= 4 is 0 Å². The van der Waals surface area contributed by atoms with E-state index in [1.807, 2.05) is 6.92 Å². The molecule has 0 radical (unpaired) electrons. The number of methoxy groups -OCH3 is 1. The zero-order chi connectivity index (χ0) is 12.3. The lowest BCUT2D eigenvalue weighted by molar-refractivity contribution is 0.0251. The van der Waals surface area contributed by atoms with Crippen molar-refractivity contribution in [2.24, 2.45) is 0 Å². The Bertz CT molecular complexity index is 149. The van der Waals surface area contributed by atoms with Crippen molar-refractivity contribution in [1.29, 1.82) is 0 Å². The van der Waals surface area contributed by atoms with Crippen molar-refractivity contribution in [2.75, 3.05) is 26.8 Å². The van der Waals surface area contributed by atoms with E-state index in [4.69, 9.17) is 4.74 Å². The average Bonchev–Trinajstić information content (AvgIpc) is 2.25. The van der Waals surface area contributed by atoms with E-state index in [0.717, 1.165) is 6.54 Å². The van der Waals surface area contributed by atoms with Gasteiger partial charge >= 0.3 is 0 Å². The summed E-state index contributed by atoms with van der Waals surface area (Å²) in [7, 11) is 1.66. The summed E-state index contributed by atoms with van der Waals surface area (Å²) in [5.41, 5.74) is -0.639. The molecule has 3 nitrogen and oxygen atoms in total. The van der Waals surface area contributed by atoms with E-state index >= 15 is 0 Å². The molecule has 2 N–H and O–H groups in total. The predicted octanol–water partition coefficient (Wildman–Crippen LogP) is 2.33. The Morgan fingerprint density at radius 2 is 1.88 bits per heavy atom. The molecular formula is C13H29NO2. The van der Waals surface area contributed by atoms with Gasteiger partial charge in [0, 0.05) is 26.7 Å². The molecule has 0 amide bonds. The van der Waals surface area contributed by atoms with Gasteiger partial charge < -0.3 is 15.2 Å². The molecule has 0 heterocycles. The number of unbranched alkanes of at least 4 members (excludes halogenated alkanes) is 4. The molecule has 0 aromatic heterocycles. The molecular weight excluding hydrogens is 202 g/mol. The van der Waals surface area contributed by atoms with Gasteiger partial charge in [0.2, 0.25) is 0 Å². The highest BCUT2D eigenvalue weighted by molar-refractivity contribution is 4.74. The van der Waals surface area contributed by atoms with Gasteiger partial charge in [-0.1, -0.05) is 32.6 Å². The smallest absolute Gasteiger partial charge is 0.0765 e. The molecule has 0 aliphatic rings. The van der Waals surface area contributed by atoms with Crippen LogP contribution in [0.1, 0.15) is 52.4 Å². The largest absolute Gasteiger partial charge is 0.389 e. The Labute approximate surface area is 101 Å². The van der Waals surface area contributed by atoms with Crippen molar-refractivity contribution in [3.8, 4) is 0 Å². The Morgan fingerprint density at radius 3 is 2.50 bits per heavy atom. The van der Waals surface area contributed by atoms with Gasteiger partial charge in [-0.25, -0.2) is 0 Å². The minimum Gasteiger partial charge on any atom is -0.389 e. The van der Waals surface area contributed by atoms with Gasteiger partial charge in [0.15, 0.2) is 0 Å². The molecule has 0 aromatic carbocycles. The van der Waals surface area contributed by atoms with Crippen LogP contribution in [0.5, 0.6) is 0 Å². The topological polar surface area (TPSA) is 41.5 Å². The first-order valence-electron chi connectivity index (χ1n) is 6.54. The summed E-state index contributed by atoms with van der Waals surface area (Å²) in [6, 6.07) is 0. The van der Waals surface area contributed by atoms with E-state index in [1.54, 1.807) is 7.11 Å². The first-order chi connectivity index (χ1) is 7.62. The summed E-state index contributed by atoms with van der Waals surface area (Å²) in [4.78, 5) is 0. The molecule has 0 aliphatic carbocycles. The molecule has 0 aromatic rings. The second-order valence-electron chi connectivity index (χ2n) is 4.83. The lowest BCUT2D eigenvalue weighted by atomic mass is 10.0. The van der Waals surface area contributed by atoms with Gasteiger partial charge in [-0.2, -0.15) is 0 Å². The van der Waals surface area contributed by atoms with Crippen LogP contribution in [0, 0.1) is 0 Å². The Morgan fingerprint density at radius 1 is 1.19 bits per heavy atom. The maximum atomic E-state index is 9.94. The van der Waals surface area contributed by atoms with Crippen LogP contribution in [0.4, 0.5) is 0 Å². The maximum absolute atomic E-state index is 9.94. The van der Waals surface area contributed by atoms with Gasteiger partial charge in [0.1, 0.15) is 0 Å². The van der Waals surface area contributed by atoms with Crippen molar-refractivity contribution in [3.63, 3.8) is 0 Å². The lowest BCUT2D eigenvalue weighted by Crippen LogP contribution is -2.39. The fourth-order valence-corrected chi connectivity index (χ4v) is 1.62. The third-order valence-corrected chi connectivity index (χ3v) is 2.81. The third-order valence-electron chi connectivity index (χ3n) is 2.81. The lowest BCUT2D eigenvalue weighted by Gasteiger charge is -2.23. The molecule has 98 valence electrons. The van der Waals surface area contributed by atoms with Crippen molar-refractivity contribution in [1.82, 2.24) is 5.32 Å². The number of aliphatic hydroxyl groups is 1. The maximum Gasteiger partial charge on any atom is 0.0765 e. The highest BCUT2D eigenvalue weighted by atomic mass is 16.5. The molecule has 3 heteroatoms. The molecule has 0 rings (SSSR count). The van der Waals surface area contributed by atoms with Crippen LogP contribution >= 0.6 is 0 Å². The van der Waals surface area contributed by atoms with E-state index in [0.29, 0.717) is 19.6 Å². The van der Waals surface area contributed by atoms with E-state index in [9.17, 15) is 5.11 Å². The van der Waals surface area contributed by atoms with E-state index in [-0.39, 0.29) is 0 Å². The van der Waals surface area contributed by atoms with E-state index in [2.05, 4.69) is 12.2 Å². The van der Waals surface area contributed by atoms with Crippen LogP contribution in [0.15, 0.2) is 0 Å². The minimum absolute atomic E-state index is 0.616. The second kappa shape index (κ2) is 10.1. The summed E-state index contributed by atoms with van der Waals surface area (Å²) < 4.78 is 4.96. The molecule has 1 unspecified atom stereocenters. The van der Waals surface area contributed by atoms with E-state index < -0.39 is 5.60 Å². The van der Waals surface area contributed by atoms with Crippen LogP contribution in [-0.2, 0) is 4.74 Å². The molecule has 0 spiro atoms.